The van der Waals surface area contributed by atoms with E-state index >= 15 is 0 Å². The summed E-state index contributed by atoms with van der Waals surface area (Å²) < 4.78 is 10.3. The Morgan fingerprint density at radius 2 is 1.82 bits per heavy atom. The summed E-state index contributed by atoms with van der Waals surface area (Å²) in [6, 6.07) is 8.36. The number of hydrogen-bond donors (Lipinski definition) is 2. The SMILES string of the molecule is CCCCOC(=O)N1CCN(C(=O)[C@H](CCC(=O)O)NC(=O)c2nc(-c3ccccc3)sc2/C=C/COC)CC1. The molecule has 2 heterocycles. The van der Waals surface area contributed by atoms with Gasteiger partial charge in [0.2, 0.25) is 5.91 Å². The van der Waals surface area contributed by atoms with Crippen LogP contribution in [-0.2, 0) is 19.1 Å². The summed E-state index contributed by atoms with van der Waals surface area (Å²) in [4.78, 5) is 58.7. The minimum atomic E-state index is -1.07. The van der Waals surface area contributed by atoms with Crippen molar-refractivity contribution in [2.45, 2.75) is 38.6 Å². The zero-order valence-corrected chi connectivity index (χ0v) is 23.7. The van der Waals surface area contributed by atoms with Gasteiger partial charge in [0.15, 0.2) is 0 Å². The van der Waals surface area contributed by atoms with Crippen molar-refractivity contribution in [3.8, 4) is 10.6 Å². The van der Waals surface area contributed by atoms with Crippen LogP contribution < -0.4 is 5.32 Å². The fourth-order valence-corrected chi connectivity index (χ4v) is 5.04. The zero-order valence-electron chi connectivity index (χ0n) is 22.8. The van der Waals surface area contributed by atoms with Gasteiger partial charge in [-0.1, -0.05) is 49.8 Å². The van der Waals surface area contributed by atoms with E-state index in [0.29, 0.717) is 23.1 Å². The van der Waals surface area contributed by atoms with Gasteiger partial charge in [-0.2, -0.15) is 0 Å². The van der Waals surface area contributed by atoms with Crippen LogP contribution in [0.15, 0.2) is 36.4 Å². The molecule has 0 unspecified atom stereocenters. The van der Waals surface area contributed by atoms with Gasteiger partial charge in [-0.3, -0.25) is 14.4 Å². The van der Waals surface area contributed by atoms with Gasteiger partial charge in [0, 0.05) is 45.3 Å². The molecule has 3 rings (SSSR count). The van der Waals surface area contributed by atoms with Crippen molar-refractivity contribution in [1.29, 1.82) is 0 Å². The molecule has 3 amide bonds. The van der Waals surface area contributed by atoms with Gasteiger partial charge in [0.05, 0.1) is 18.1 Å². The van der Waals surface area contributed by atoms with Crippen molar-refractivity contribution in [1.82, 2.24) is 20.1 Å². The van der Waals surface area contributed by atoms with Crippen LogP contribution in [0.25, 0.3) is 16.6 Å². The van der Waals surface area contributed by atoms with Crippen molar-refractivity contribution in [2.75, 3.05) is 46.5 Å². The number of nitrogens with one attached hydrogen (secondary N) is 1. The second kappa shape index (κ2) is 15.7. The van der Waals surface area contributed by atoms with E-state index in [2.05, 4.69) is 10.3 Å². The number of rotatable bonds is 13. The highest BCUT2D eigenvalue weighted by Gasteiger charge is 2.32. The van der Waals surface area contributed by atoms with Crippen LogP contribution in [-0.4, -0.2) is 96.3 Å². The number of carbonyl (C=O) groups is 4. The molecule has 1 aromatic carbocycles. The Morgan fingerprint density at radius 1 is 1.12 bits per heavy atom. The number of amides is 3. The third kappa shape index (κ3) is 8.88. The van der Waals surface area contributed by atoms with Crippen molar-refractivity contribution < 1.29 is 33.8 Å². The Morgan fingerprint density at radius 3 is 2.48 bits per heavy atom. The summed E-state index contributed by atoms with van der Waals surface area (Å²) in [6.45, 7) is 3.78. The minimum Gasteiger partial charge on any atom is -0.481 e. The Hall–Kier alpha value is -3.77. The lowest BCUT2D eigenvalue weighted by molar-refractivity contribution is -0.138. The molecule has 1 aromatic heterocycles. The Kier molecular flexibility index (Phi) is 12.1. The van der Waals surface area contributed by atoms with Crippen molar-refractivity contribution >= 4 is 41.3 Å². The number of nitrogens with zero attached hydrogens (tertiary/aromatic N) is 3. The largest absolute Gasteiger partial charge is 0.481 e. The fraction of sp³-hybridized carbons (Fsp3) is 0.464. The van der Waals surface area contributed by atoms with Gasteiger partial charge in [0.25, 0.3) is 5.91 Å². The molecule has 1 aliphatic rings. The molecule has 0 radical (unpaired) electrons. The first-order chi connectivity index (χ1) is 19.3. The molecule has 0 bridgehead atoms. The summed E-state index contributed by atoms with van der Waals surface area (Å²) in [6.07, 6.45) is 4.41. The maximum absolute atomic E-state index is 13.4. The van der Waals surface area contributed by atoms with Crippen LogP contribution in [0.2, 0.25) is 0 Å². The average molecular weight is 573 g/mol. The topological polar surface area (TPSA) is 138 Å². The second-order valence-corrected chi connectivity index (χ2v) is 10.2. The van der Waals surface area contributed by atoms with Gasteiger partial charge in [-0.05, 0) is 18.9 Å². The lowest BCUT2D eigenvalue weighted by atomic mass is 10.1. The number of piperazine rings is 1. The number of aromatic nitrogens is 1. The highest BCUT2D eigenvalue weighted by atomic mass is 32.1. The number of carboxylic acid groups (broad SMARTS) is 1. The highest BCUT2D eigenvalue weighted by Crippen LogP contribution is 2.29. The summed E-state index contributed by atoms with van der Waals surface area (Å²) >= 11 is 1.33. The van der Waals surface area contributed by atoms with Gasteiger partial charge < -0.3 is 29.7 Å². The molecular weight excluding hydrogens is 536 g/mol. The minimum absolute atomic E-state index is 0.0797. The number of benzene rings is 1. The molecular formula is C28H36N4O7S. The highest BCUT2D eigenvalue weighted by molar-refractivity contribution is 7.16. The molecule has 11 nitrogen and oxygen atoms in total. The maximum Gasteiger partial charge on any atom is 0.409 e. The molecule has 40 heavy (non-hydrogen) atoms. The van der Waals surface area contributed by atoms with Crippen LogP contribution in [0.3, 0.4) is 0 Å². The summed E-state index contributed by atoms with van der Waals surface area (Å²) in [7, 11) is 1.56. The normalized spacial score (nSPS) is 14.2. The Balaban J connectivity index is 1.74. The second-order valence-electron chi connectivity index (χ2n) is 9.19. The first kappa shape index (κ1) is 30.8. The van der Waals surface area contributed by atoms with E-state index in [0.717, 1.165) is 18.4 Å². The van der Waals surface area contributed by atoms with E-state index in [-0.39, 0.29) is 44.7 Å². The van der Waals surface area contributed by atoms with E-state index in [1.807, 2.05) is 37.3 Å². The van der Waals surface area contributed by atoms with Gasteiger partial charge >= 0.3 is 12.1 Å². The van der Waals surface area contributed by atoms with Crippen LogP contribution in [0, 0.1) is 0 Å². The Labute approximate surface area is 237 Å². The maximum atomic E-state index is 13.4. The van der Waals surface area contributed by atoms with Crippen molar-refractivity contribution in [3.05, 3.63) is 47.0 Å². The molecule has 1 fully saturated rings. The molecule has 2 N–H and O–H groups in total. The van der Waals surface area contributed by atoms with Crippen LogP contribution >= 0.6 is 11.3 Å². The number of aliphatic carboxylic acids is 1. The lowest BCUT2D eigenvalue weighted by Crippen LogP contribution is -2.56. The number of ether oxygens (including phenoxy) is 2. The lowest BCUT2D eigenvalue weighted by Gasteiger charge is -2.36. The number of unbranched alkanes of at least 4 members (excludes halogenated alkanes) is 1. The number of carboxylic acids is 1. The van der Waals surface area contributed by atoms with Crippen LogP contribution in [0.5, 0.6) is 0 Å². The molecule has 12 heteroatoms. The molecule has 2 aromatic rings. The number of thiazole rings is 1. The van der Waals surface area contributed by atoms with Crippen molar-refractivity contribution in [3.63, 3.8) is 0 Å². The molecule has 1 atom stereocenters. The third-order valence-electron chi connectivity index (χ3n) is 6.24. The summed E-state index contributed by atoms with van der Waals surface area (Å²) in [5.74, 6) is -2.05. The van der Waals surface area contributed by atoms with E-state index in [4.69, 9.17) is 9.47 Å². The number of methoxy groups -OCH3 is 1. The van der Waals surface area contributed by atoms with Gasteiger partial charge in [-0.25, -0.2) is 9.78 Å². The van der Waals surface area contributed by atoms with Crippen LogP contribution in [0.4, 0.5) is 4.79 Å². The summed E-state index contributed by atoms with van der Waals surface area (Å²) in [5, 5.41) is 12.6. The predicted octanol–water partition coefficient (Wildman–Crippen LogP) is 3.51. The first-order valence-corrected chi connectivity index (χ1v) is 14.1. The quantitative estimate of drug-likeness (QED) is 0.348. The smallest absolute Gasteiger partial charge is 0.409 e. The van der Waals surface area contributed by atoms with E-state index in [1.54, 1.807) is 29.1 Å². The monoisotopic (exact) mass is 572 g/mol. The van der Waals surface area contributed by atoms with Gasteiger partial charge in [-0.15, -0.1) is 11.3 Å². The number of hydrogen-bond acceptors (Lipinski definition) is 8. The van der Waals surface area contributed by atoms with E-state index in [1.165, 1.54) is 11.3 Å². The van der Waals surface area contributed by atoms with Gasteiger partial charge in [0.1, 0.15) is 16.7 Å². The Bertz CT molecular complexity index is 1180. The predicted molar refractivity (Wildman–Crippen MR) is 151 cm³/mol. The van der Waals surface area contributed by atoms with E-state index in [9.17, 15) is 24.3 Å². The molecule has 0 saturated carbocycles. The fourth-order valence-electron chi connectivity index (χ4n) is 4.04. The molecule has 216 valence electrons. The van der Waals surface area contributed by atoms with Crippen molar-refractivity contribution in [2.24, 2.45) is 0 Å². The third-order valence-corrected chi connectivity index (χ3v) is 7.31. The summed E-state index contributed by atoms with van der Waals surface area (Å²) in [5.41, 5.74) is 0.988. The first-order valence-electron chi connectivity index (χ1n) is 13.3. The number of carbonyl (C=O) groups excluding carboxylic acids is 3. The van der Waals surface area contributed by atoms with E-state index < -0.39 is 29.9 Å². The standard InChI is InChI=1S/C28H36N4O7S/c1-3-4-19-39-28(37)32-16-14-31(15-17-32)27(36)21(12-13-23(33)34)29-25(35)24-22(11-8-18-38-2)40-26(30-24)20-9-6-5-7-10-20/h5-11,21H,3-4,12-19H2,1-2H3,(H,29,35)(H,33,34)/b11-8+/t21-/m0/s1. The average Bonchev–Trinajstić information content (AvgIpc) is 3.40. The molecule has 1 aliphatic heterocycles. The molecule has 0 aliphatic carbocycles. The van der Waals surface area contributed by atoms with Crippen LogP contribution in [0.1, 0.15) is 48.0 Å². The molecule has 0 spiro atoms. The molecule has 1 saturated heterocycles. The zero-order chi connectivity index (χ0) is 28.9.